The molecule has 0 saturated carbocycles. The highest BCUT2D eigenvalue weighted by atomic mass is 19.4. The number of nitrogens with zero attached hydrogens (tertiary/aromatic N) is 1. The number of fused-ring (bicyclic) bond motifs is 1. The molecule has 0 saturated heterocycles. The van der Waals surface area contributed by atoms with Crippen LogP contribution in [0.1, 0.15) is 41.2 Å². The van der Waals surface area contributed by atoms with Crippen molar-refractivity contribution in [3.63, 3.8) is 0 Å². The molecule has 8 heteroatoms. The fourth-order valence-electron chi connectivity index (χ4n) is 3.58. The van der Waals surface area contributed by atoms with Crippen LogP contribution in [0.25, 0.3) is 0 Å². The van der Waals surface area contributed by atoms with Gasteiger partial charge in [-0.05, 0) is 39.8 Å². The summed E-state index contributed by atoms with van der Waals surface area (Å²) in [5.41, 5.74) is 1.70. The Morgan fingerprint density at radius 3 is 2.72 bits per heavy atom. The summed E-state index contributed by atoms with van der Waals surface area (Å²) in [6, 6.07) is 7.17. The van der Waals surface area contributed by atoms with E-state index in [1.807, 2.05) is 32.0 Å². The summed E-state index contributed by atoms with van der Waals surface area (Å²) in [6.07, 6.45) is -3.55. The maximum Gasteiger partial charge on any atom is 0.406 e. The van der Waals surface area contributed by atoms with Gasteiger partial charge in [-0.3, -0.25) is 4.79 Å². The number of benzene rings is 1. The zero-order valence-electron chi connectivity index (χ0n) is 16.9. The molecule has 1 aliphatic heterocycles. The number of rotatable bonds is 6. The third-order valence-electron chi connectivity index (χ3n) is 4.86. The molecule has 1 aromatic heterocycles. The lowest BCUT2D eigenvalue weighted by Crippen LogP contribution is -2.29. The number of amides is 1. The van der Waals surface area contributed by atoms with Crippen LogP contribution >= 0.6 is 0 Å². The van der Waals surface area contributed by atoms with Crippen molar-refractivity contribution in [1.29, 1.82) is 0 Å². The predicted octanol–water partition coefficient (Wildman–Crippen LogP) is 4.19. The van der Waals surface area contributed by atoms with Gasteiger partial charge in [-0.2, -0.15) is 13.2 Å². The zero-order valence-corrected chi connectivity index (χ0v) is 16.9. The van der Waals surface area contributed by atoms with Gasteiger partial charge >= 0.3 is 6.18 Å². The highest BCUT2D eigenvalue weighted by molar-refractivity contribution is 5.95. The molecule has 1 aliphatic rings. The van der Waals surface area contributed by atoms with Crippen LogP contribution in [0.5, 0.6) is 11.5 Å². The van der Waals surface area contributed by atoms with Crippen molar-refractivity contribution in [1.82, 2.24) is 9.88 Å². The van der Waals surface area contributed by atoms with Gasteiger partial charge in [-0.15, -0.1) is 0 Å². The number of nitrogens with one attached hydrogen (secondary N) is 1. The molecule has 0 aliphatic carbocycles. The number of alkyl halides is 3. The van der Waals surface area contributed by atoms with E-state index in [1.54, 1.807) is 6.92 Å². The second-order valence-corrected chi connectivity index (χ2v) is 7.87. The van der Waals surface area contributed by atoms with Gasteiger partial charge in [0.15, 0.2) is 11.5 Å². The van der Waals surface area contributed by atoms with E-state index in [0.717, 1.165) is 22.3 Å². The number of halogens is 3. The Labute approximate surface area is 167 Å². The smallest absolute Gasteiger partial charge is 0.406 e. The van der Waals surface area contributed by atoms with E-state index < -0.39 is 18.6 Å². The minimum absolute atomic E-state index is 0.216. The highest BCUT2D eigenvalue weighted by Gasteiger charge is 2.32. The van der Waals surface area contributed by atoms with E-state index in [1.165, 1.54) is 13.0 Å². The molecule has 0 bridgehead atoms. The first-order valence-corrected chi connectivity index (χ1v) is 9.42. The first-order chi connectivity index (χ1) is 13.5. The summed E-state index contributed by atoms with van der Waals surface area (Å²) in [6.45, 7) is 6.39. The molecule has 0 atom stereocenters. The monoisotopic (exact) mass is 410 g/mol. The summed E-state index contributed by atoms with van der Waals surface area (Å²) in [4.78, 5) is 12.4. The third-order valence-corrected chi connectivity index (χ3v) is 4.86. The summed E-state index contributed by atoms with van der Waals surface area (Å²) >= 11 is 0. The van der Waals surface area contributed by atoms with E-state index >= 15 is 0 Å². The molecule has 2 heterocycles. The number of carbonyl (C=O) groups is 1. The molecule has 3 rings (SSSR count). The fraction of sp³-hybridized carbons (Fsp3) is 0.476. The summed E-state index contributed by atoms with van der Waals surface area (Å²) in [5.74, 6) is 0.913. The first kappa shape index (κ1) is 21.1. The highest BCUT2D eigenvalue weighted by Crippen LogP contribution is 2.41. The van der Waals surface area contributed by atoms with Crippen LogP contribution in [0, 0.1) is 13.8 Å². The summed E-state index contributed by atoms with van der Waals surface area (Å²) < 4.78 is 50.9. The lowest BCUT2D eigenvalue weighted by Gasteiger charge is -2.18. The number of aryl methyl sites for hydroxylation is 1. The molecular weight excluding hydrogens is 385 g/mol. The second kappa shape index (κ2) is 7.65. The number of aromatic nitrogens is 1. The van der Waals surface area contributed by atoms with Gasteiger partial charge in [0.05, 0.1) is 12.1 Å². The molecule has 158 valence electrons. The van der Waals surface area contributed by atoms with Gasteiger partial charge in [0.25, 0.3) is 5.91 Å². The Kier molecular flexibility index (Phi) is 5.56. The first-order valence-electron chi connectivity index (χ1n) is 9.42. The molecule has 29 heavy (non-hydrogen) atoms. The van der Waals surface area contributed by atoms with Gasteiger partial charge in [-0.1, -0.05) is 12.1 Å². The van der Waals surface area contributed by atoms with Crippen LogP contribution in [-0.2, 0) is 13.0 Å². The Morgan fingerprint density at radius 2 is 2.03 bits per heavy atom. The van der Waals surface area contributed by atoms with Crippen molar-refractivity contribution >= 4 is 5.91 Å². The van der Waals surface area contributed by atoms with Crippen LogP contribution in [0.2, 0.25) is 0 Å². The lowest BCUT2D eigenvalue weighted by atomic mass is 10.0. The molecule has 0 spiro atoms. The van der Waals surface area contributed by atoms with Gasteiger partial charge in [0.1, 0.15) is 18.8 Å². The second-order valence-electron chi connectivity index (χ2n) is 7.87. The van der Waals surface area contributed by atoms with Gasteiger partial charge in [0.2, 0.25) is 0 Å². The van der Waals surface area contributed by atoms with Gasteiger partial charge in [0, 0.05) is 23.4 Å². The minimum Gasteiger partial charge on any atom is -0.488 e. The number of hydrogen-bond donors (Lipinski definition) is 1. The van der Waals surface area contributed by atoms with E-state index in [4.69, 9.17) is 9.47 Å². The number of hydrogen-bond acceptors (Lipinski definition) is 3. The van der Waals surface area contributed by atoms with Crippen molar-refractivity contribution in [2.45, 2.75) is 52.4 Å². The molecule has 0 fully saturated rings. The summed E-state index contributed by atoms with van der Waals surface area (Å²) in [7, 11) is 0. The maximum atomic E-state index is 12.7. The lowest BCUT2D eigenvalue weighted by molar-refractivity contribution is -0.141. The normalized spacial score (nSPS) is 15.0. The number of para-hydroxylation sites is 1. The van der Waals surface area contributed by atoms with Crippen LogP contribution in [0.4, 0.5) is 13.2 Å². The third kappa shape index (κ3) is 4.86. The molecule has 0 unspecified atom stereocenters. The Bertz CT molecular complexity index is 917. The Morgan fingerprint density at radius 1 is 1.31 bits per heavy atom. The standard InChI is InChI=1S/C21H25F3N2O3/c1-13-10-16(14(2)26(13)12-21(22,23)24)19(27)25-8-9-28-17-7-5-6-15-11-20(3,4)29-18(15)17/h5-7,10H,8-9,11-12H2,1-4H3,(H,25,27). The molecule has 1 N–H and O–H groups in total. The fourth-order valence-corrected chi connectivity index (χ4v) is 3.58. The molecule has 0 radical (unpaired) electrons. The minimum atomic E-state index is -4.34. The molecule has 1 amide bonds. The average Bonchev–Trinajstić information content (AvgIpc) is 3.07. The van der Waals surface area contributed by atoms with Gasteiger partial charge in [-0.25, -0.2) is 0 Å². The van der Waals surface area contributed by atoms with Crippen LogP contribution < -0.4 is 14.8 Å². The molecule has 5 nitrogen and oxygen atoms in total. The largest absolute Gasteiger partial charge is 0.488 e. The van der Waals surface area contributed by atoms with Crippen molar-refractivity contribution < 1.29 is 27.4 Å². The number of carbonyl (C=O) groups excluding carboxylic acids is 1. The Balaban J connectivity index is 1.57. The molecule has 2 aromatic rings. The van der Waals surface area contributed by atoms with Crippen molar-refractivity contribution in [3.8, 4) is 11.5 Å². The van der Waals surface area contributed by atoms with E-state index in [9.17, 15) is 18.0 Å². The van der Waals surface area contributed by atoms with Crippen LogP contribution in [0.3, 0.4) is 0 Å². The topological polar surface area (TPSA) is 52.5 Å². The van der Waals surface area contributed by atoms with E-state index in [0.29, 0.717) is 11.4 Å². The summed E-state index contributed by atoms with van der Waals surface area (Å²) in [5, 5.41) is 2.70. The molecule has 1 aromatic carbocycles. The SMILES string of the molecule is Cc1cc(C(=O)NCCOc2cccc3c2OC(C)(C)C3)c(C)n1CC(F)(F)F. The zero-order chi connectivity index (χ0) is 21.4. The van der Waals surface area contributed by atoms with E-state index in [-0.39, 0.29) is 30.0 Å². The quantitative estimate of drug-likeness (QED) is 0.727. The predicted molar refractivity (Wildman–Crippen MR) is 103 cm³/mol. The van der Waals surface area contributed by atoms with Crippen molar-refractivity contribution in [2.24, 2.45) is 0 Å². The molecular formula is C21H25F3N2O3. The average molecular weight is 410 g/mol. The van der Waals surface area contributed by atoms with Gasteiger partial charge < -0.3 is 19.4 Å². The van der Waals surface area contributed by atoms with E-state index in [2.05, 4.69) is 5.32 Å². The van der Waals surface area contributed by atoms with Crippen LogP contribution in [-0.4, -0.2) is 35.4 Å². The van der Waals surface area contributed by atoms with Crippen molar-refractivity contribution in [2.75, 3.05) is 13.2 Å². The van der Waals surface area contributed by atoms with Crippen LogP contribution in [0.15, 0.2) is 24.3 Å². The maximum absolute atomic E-state index is 12.7. The number of ether oxygens (including phenoxy) is 2. The van der Waals surface area contributed by atoms with Crippen molar-refractivity contribution in [3.05, 3.63) is 46.8 Å². The Hall–Kier alpha value is -2.64.